The largest absolute Gasteiger partial charge is 0.470 e. The lowest BCUT2D eigenvalue weighted by Gasteiger charge is -2.23. The molecule has 1 aliphatic carbocycles. The van der Waals surface area contributed by atoms with Gasteiger partial charge in [0, 0.05) is 6.61 Å². The van der Waals surface area contributed by atoms with Gasteiger partial charge in [-0.15, -0.1) is 0 Å². The van der Waals surface area contributed by atoms with E-state index in [9.17, 15) is 0 Å². The molecule has 1 saturated carbocycles. The molecule has 0 N–H and O–H groups in total. The van der Waals surface area contributed by atoms with Crippen LogP contribution >= 0.6 is 0 Å². The van der Waals surface area contributed by atoms with Gasteiger partial charge in [-0.25, -0.2) is 9.97 Å². The first kappa shape index (κ1) is 12.1. The lowest BCUT2D eigenvalue weighted by molar-refractivity contribution is -0.0298. The quantitative estimate of drug-likeness (QED) is 0.860. The molecular formula is C14H18N4O2. The molecule has 0 radical (unpaired) electrons. The van der Waals surface area contributed by atoms with E-state index in [4.69, 9.17) is 9.47 Å². The molecule has 0 amide bonds. The summed E-state index contributed by atoms with van der Waals surface area (Å²) in [6, 6.07) is 0. The first-order valence-corrected chi connectivity index (χ1v) is 7.23. The first-order chi connectivity index (χ1) is 9.75. The second-order valence-electron chi connectivity index (χ2n) is 5.88. The van der Waals surface area contributed by atoms with E-state index in [2.05, 4.69) is 21.9 Å². The SMILES string of the molecule is CC1(Oc2ncnc3c2ncn3C2CCCCO2)CC1. The normalized spacial score (nSPS) is 24.8. The summed E-state index contributed by atoms with van der Waals surface area (Å²) < 4.78 is 13.8. The smallest absolute Gasteiger partial charge is 0.245 e. The van der Waals surface area contributed by atoms with E-state index >= 15 is 0 Å². The molecular weight excluding hydrogens is 256 g/mol. The summed E-state index contributed by atoms with van der Waals surface area (Å²) in [7, 11) is 0. The number of fused-ring (bicyclic) bond motifs is 1. The lowest BCUT2D eigenvalue weighted by Crippen LogP contribution is -2.18. The average Bonchev–Trinajstić information content (AvgIpc) is 3.03. The minimum atomic E-state index is -0.0631. The third-order valence-electron chi connectivity index (χ3n) is 4.09. The zero-order valence-corrected chi connectivity index (χ0v) is 11.6. The Morgan fingerprint density at radius 3 is 2.95 bits per heavy atom. The molecule has 6 nitrogen and oxygen atoms in total. The maximum atomic E-state index is 5.96. The van der Waals surface area contributed by atoms with Crippen molar-refractivity contribution in [2.45, 2.75) is 50.9 Å². The Hall–Kier alpha value is -1.69. The molecule has 106 valence electrons. The maximum absolute atomic E-state index is 5.96. The number of aromatic nitrogens is 4. The van der Waals surface area contributed by atoms with Crippen LogP contribution in [0.4, 0.5) is 0 Å². The van der Waals surface area contributed by atoms with Gasteiger partial charge in [0.25, 0.3) is 0 Å². The molecule has 0 bridgehead atoms. The van der Waals surface area contributed by atoms with Crippen LogP contribution in [0.25, 0.3) is 11.2 Å². The monoisotopic (exact) mass is 274 g/mol. The predicted octanol–water partition coefficient (Wildman–Crippen LogP) is 2.46. The van der Waals surface area contributed by atoms with Gasteiger partial charge in [-0.1, -0.05) is 0 Å². The van der Waals surface area contributed by atoms with Crippen LogP contribution in [0.2, 0.25) is 0 Å². The zero-order chi connectivity index (χ0) is 13.6. The topological polar surface area (TPSA) is 62.1 Å². The van der Waals surface area contributed by atoms with Gasteiger partial charge in [0.2, 0.25) is 5.88 Å². The maximum Gasteiger partial charge on any atom is 0.245 e. The standard InChI is InChI=1S/C14H18N4O2/c1-14(5-6-14)20-13-11-12(15-8-16-13)18(9-17-11)10-4-2-3-7-19-10/h8-10H,2-7H2,1H3. The second-order valence-corrected chi connectivity index (χ2v) is 5.88. The number of hydrogen-bond acceptors (Lipinski definition) is 5. The fraction of sp³-hybridized carbons (Fsp3) is 0.643. The molecule has 2 aliphatic rings. The number of hydrogen-bond donors (Lipinski definition) is 0. The van der Waals surface area contributed by atoms with E-state index in [0.717, 1.165) is 43.5 Å². The van der Waals surface area contributed by atoms with Crippen LogP contribution in [0.5, 0.6) is 5.88 Å². The minimum absolute atomic E-state index is 0.0352. The molecule has 2 fully saturated rings. The van der Waals surface area contributed by atoms with Gasteiger partial charge in [0.15, 0.2) is 11.2 Å². The van der Waals surface area contributed by atoms with E-state index in [-0.39, 0.29) is 11.8 Å². The van der Waals surface area contributed by atoms with E-state index in [1.165, 1.54) is 6.42 Å². The van der Waals surface area contributed by atoms with Crippen LogP contribution in [0.15, 0.2) is 12.7 Å². The van der Waals surface area contributed by atoms with Crippen LogP contribution < -0.4 is 4.74 Å². The number of ether oxygens (including phenoxy) is 2. The molecule has 1 atom stereocenters. The van der Waals surface area contributed by atoms with Gasteiger partial charge in [-0.05, 0) is 39.0 Å². The van der Waals surface area contributed by atoms with Crippen molar-refractivity contribution in [1.82, 2.24) is 19.5 Å². The number of rotatable bonds is 3. The summed E-state index contributed by atoms with van der Waals surface area (Å²) >= 11 is 0. The summed E-state index contributed by atoms with van der Waals surface area (Å²) in [5.41, 5.74) is 1.47. The fourth-order valence-electron chi connectivity index (χ4n) is 2.57. The fourth-order valence-corrected chi connectivity index (χ4v) is 2.57. The number of nitrogens with zero attached hydrogens (tertiary/aromatic N) is 4. The Kier molecular flexibility index (Phi) is 2.66. The van der Waals surface area contributed by atoms with E-state index in [1.807, 2.05) is 4.57 Å². The van der Waals surface area contributed by atoms with Crippen molar-refractivity contribution in [3.63, 3.8) is 0 Å². The highest BCUT2D eigenvalue weighted by Gasteiger charge is 2.41. The summed E-state index contributed by atoms with van der Waals surface area (Å²) in [5, 5.41) is 0. The Morgan fingerprint density at radius 1 is 1.30 bits per heavy atom. The Bertz CT molecular complexity index is 629. The molecule has 20 heavy (non-hydrogen) atoms. The van der Waals surface area contributed by atoms with Gasteiger partial charge in [0.05, 0.1) is 6.33 Å². The van der Waals surface area contributed by atoms with Crippen molar-refractivity contribution in [3.05, 3.63) is 12.7 Å². The Morgan fingerprint density at radius 2 is 2.20 bits per heavy atom. The van der Waals surface area contributed by atoms with Crippen molar-refractivity contribution >= 4 is 11.2 Å². The van der Waals surface area contributed by atoms with E-state index in [1.54, 1.807) is 12.7 Å². The van der Waals surface area contributed by atoms with Crippen molar-refractivity contribution in [2.75, 3.05) is 6.61 Å². The molecule has 3 heterocycles. The third kappa shape index (κ3) is 2.04. The van der Waals surface area contributed by atoms with Gasteiger partial charge in [-0.3, -0.25) is 4.57 Å². The molecule has 4 rings (SSSR count). The highest BCUT2D eigenvalue weighted by atomic mass is 16.5. The molecule has 2 aromatic rings. The lowest BCUT2D eigenvalue weighted by atomic mass is 10.2. The van der Waals surface area contributed by atoms with Crippen molar-refractivity contribution in [2.24, 2.45) is 0 Å². The van der Waals surface area contributed by atoms with Gasteiger partial charge < -0.3 is 9.47 Å². The molecule has 1 saturated heterocycles. The number of imidazole rings is 1. The summed E-state index contributed by atoms with van der Waals surface area (Å²) in [6.45, 7) is 2.90. The third-order valence-corrected chi connectivity index (χ3v) is 4.09. The molecule has 1 aliphatic heterocycles. The van der Waals surface area contributed by atoms with Crippen LogP contribution in [-0.4, -0.2) is 31.7 Å². The minimum Gasteiger partial charge on any atom is -0.470 e. The molecule has 0 aromatic carbocycles. The molecule has 0 spiro atoms. The van der Waals surface area contributed by atoms with Crippen LogP contribution in [-0.2, 0) is 4.74 Å². The van der Waals surface area contributed by atoms with Gasteiger partial charge in [-0.2, -0.15) is 4.98 Å². The predicted molar refractivity (Wildman–Crippen MR) is 72.4 cm³/mol. The highest BCUT2D eigenvalue weighted by molar-refractivity contribution is 5.76. The van der Waals surface area contributed by atoms with Gasteiger partial charge in [0.1, 0.15) is 18.2 Å². The summed E-state index contributed by atoms with van der Waals surface area (Å²) in [4.78, 5) is 13.0. The van der Waals surface area contributed by atoms with Crippen molar-refractivity contribution in [3.8, 4) is 5.88 Å². The Labute approximate surface area is 117 Å². The zero-order valence-electron chi connectivity index (χ0n) is 11.6. The second kappa shape index (κ2) is 4.41. The van der Waals surface area contributed by atoms with E-state index < -0.39 is 0 Å². The summed E-state index contributed by atoms with van der Waals surface area (Å²) in [6.07, 6.45) is 8.83. The highest BCUT2D eigenvalue weighted by Crippen LogP contribution is 2.40. The van der Waals surface area contributed by atoms with Crippen LogP contribution in [0.1, 0.15) is 45.3 Å². The van der Waals surface area contributed by atoms with Crippen molar-refractivity contribution in [1.29, 1.82) is 0 Å². The molecule has 1 unspecified atom stereocenters. The molecule has 2 aromatic heterocycles. The van der Waals surface area contributed by atoms with E-state index in [0.29, 0.717) is 5.88 Å². The van der Waals surface area contributed by atoms with Gasteiger partial charge >= 0.3 is 0 Å². The van der Waals surface area contributed by atoms with Crippen molar-refractivity contribution < 1.29 is 9.47 Å². The average molecular weight is 274 g/mol. The Balaban J connectivity index is 1.71. The van der Waals surface area contributed by atoms with Crippen LogP contribution in [0.3, 0.4) is 0 Å². The first-order valence-electron chi connectivity index (χ1n) is 7.23. The summed E-state index contributed by atoms with van der Waals surface area (Å²) in [5.74, 6) is 0.588. The molecule has 6 heteroatoms. The van der Waals surface area contributed by atoms with Crippen LogP contribution in [0, 0.1) is 0 Å².